The fourth-order valence-electron chi connectivity index (χ4n) is 1.67. The Labute approximate surface area is 114 Å². The SMILES string of the molecule is Cc1ccc(C)c(C(=O)Nc2cc(C(=O)O)cs2)c1. The van der Waals surface area contributed by atoms with Crippen LogP contribution in [0.1, 0.15) is 31.8 Å². The van der Waals surface area contributed by atoms with Gasteiger partial charge in [-0.15, -0.1) is 11.3 Å². The van der Waals surface area contributed by atoms with Crippen LogP contribution in [-0.4, -0.2) is 17.0 Å². The fraction of sp³-hybridized carbons (Fsp3) is 0.143. The second-order valence-electron chi connectivity index (χ2n) is 4.28. The second kappa shape index (κ2) is 5.24. The van der Waals surface area contributed by atoms with Gasteiger partial charge in [-0.3, -0.25) is 4.79 Å². The summed E-state index contributed by atoms with van der Waals surface area (Å²) in [4.78, 5) is 22.9. The quantitative estimate of drug-likeness (QED) is 0.903. The lowest BCUT2D eigenvalue weighted by molar-refractivity contribution is 0.0697. The number of carboxylic acid groups (broad SMARTS) is 1. The number of benzene rings is 1. The van der Waals surface area contributed by atoms with Gasteiger partial charge in [-0.1, -0.05) is 17.7 Å². The van der Waals surface area contributed by atoms with Crippen LogP contribution in [0.4, 0.5) is 5.00 Å². The minimum absolute atomic E-state index is 0.182. The third-order valence-electron chi connectivity index (χ3n) is 2.72. The maximum atomic E-state index is 12.1. The Morgan fingerprint density at radius 1 is 1.21 bits per heavy atom. The number of aryl methyl sites for hydroxylation is 2. The van der Waals surface area contributed by atoms with Crippen molar-refractivity contribution < 1.29 is 14.7 Å². The molecule has 0 fully saturated rings. The first-order chi connectivity index (χ1) is 8.97. The Morgan fingerprint density at radius 2 is 1.95 bits per heavy atom. The summed E-state index contributed by atoms with van der Waals surface area (Å²) in [7, 11) is 0. The van der Waals surface area contributed by atoms with E-state index in [1.165, 1.54) is 22.8 Å². The summed E-state index contributed by atoms with van der Waals surface area (Å²) in [6.07, 6.45) is 0. The standard InChI is InChI=1S/C14H13NO3S/c1-8-3-4-9(2)11(5-8)13(16)15-12-6-10(7-19-12)14(17)18/h3-7H,1-2H3,(H,15,16)(H,17,18). The van der Waals surface area contributed by atoms with Gasteiger partial charge in [0.2, 0.25) is 0 Å². The summed E-state index contributed by atoms with van der Waals surface area (Å²) < 4.78 is 0. The second-order valence-corrected chi connectivity index (χ2v) is 5.19. The van der Waals surface area contributed by atoms with Crippen LogP contribution >= 0.6 is 11.3 Å². The molecular weight excluding hydrogens is 262 g/mol. The molecule has 0 aliphatic heterocycles. The number of hydrogen-bond acceptors (Lipinski definition) is 3. The predicted molar refractivity (Wildman–Crippen MR) is 75.1 cm³/mol. The Morgan fingerprint density at radius 3 is 2.58 bits per heavy atom. The summed E-state index contributed by atoms with van der Waals surface area (Å²) in [5.74, 6) is -1.22. The molecule has 2 aromatic rings. The molecule has 0 saturated carbocycles. The van der Waals surface area contributed by atoms with E-state index in [1.54, 1.807) is 0 Å². The number of amides is 1. The van der Waals surface area contributed by atoms with Crippen LogP contribution in [0.2, 0.25) is 0 Å². The molecule has 1 amide bonds. The molecule has 0 bridgehead atoms. The number of anilines is 1. The zero-order chi connectivity index (χ0) is 14.0. The summed E-state index contributed by atoms with van der Waals surface area (Å²) in [5.41, 5.74) is 2.68. The lowest BCUT2D eigenvalue weighted by atomic mass is 10.1. The van der Waals surface area contributed by atoms with Gasteiger partial charge in [0.15, 0.2) is 0 Å². The van der Waals surface area contributed by atoms with Crippen molar-refractivity contribution >= 4 is 28.2 Å². The van der Waals surface area contributed by atoms with E-state index < -0.39 is 5.97 Å². The van der Waals surface area contributed by atoms with Crippen molar-refractivity contribution in [3.05, 3.63) is 51.9 Å². The first-order valence-electron chi connectivity index (χ1n) is 5.68. The van der Waals surface area contributed by atoms with Crippen molar-refractivity contribution in [3.63, 3.8) is 0 Å². The molecule has 0 radical (unpaired) electrons. The lowest BCUT2D eigenvalue weighted by Gasteiger charge is -2.06. The molecule has 5 heteroatoms. The van der Waals surface area contributed by atoms with Crippen molar-refractivity contribution in [1.82, 2.24) is 0 Å². The fourth-order valence-corrected chi connectivity index (χ4v) is 2.44. The van der Waals surface area contributed by atoms with Crippen molar-refractivity contribution in [1.29, 1.82) is 0 Å². The molecule has 0 unspecified atom stereocenters. The van der Waals surface area contributed by atoms with Gasteiger partial charge in [0.1, 0.15) is 0 Å². The van der Waals surface area contributed by atoms with E-state index in [0.717, 1.165) is 11.1 Å². The lowest BCUT2D eigenvalue weighted by Crippen LogP contribution is -2.12. The van der Waals surface area contributed by atoms with E-state index in [-0.39, 0.29) is 11.5 Å². The molecule has 1 aromatic heterocycles. The number of thiophene rings is 1. The van der Waals surface area contributed by atoms with Crippen molar-refractivity contribution in [2.24, 2.45) is 0 Å². The van der Waals surface area contributed by atoms with E-state index in [0.29, 0.717) is 10.6 Å². The normalized spacial score (nSPS) is 10.2. The molecule has 1 heterocycles. The van der Waals surface area contributed by atoms with E-state index >= 15 is 0 Å². The molecule has 98 valence electrons. The molecule has 2 rings (SSSR count). The molecule has 0 atom stereocenters. The molecule has 4 nitrogen and oxygen atoms in total. The maximum absolute atomic E-state index is 12.1. The highest BCUT2D eigenvalue weighted by Crippen LogP contribution is 2.22. The average molecular weight is 275 g/mol. The summed E-state index contributed by atoms with van der Waals surface area (Å²) in [6, 6.07) is 7.10. The molecule has 0 aliphatic rings. The van der Waals surface area contributed by atoms with Gasteiger partial charge in [-0.25, -0.2) is 4.79 Å². The molecule has 19 heavy (non-hydrogen) atoms. The number of rotatable bonds is 3. The van der Waals surface area contributed by atoms with E-state index in [4.69, 9.17) is 5.11 Å². The minimum Gasteiger partial charge on any atom is -0.478 e. The van der Waals surface area contributed by atoms with Gasteiger partial charge >= 0.3 is 5.97 Å². The van der Waals surface area contributed by atoms with Crippen molar-refractivity contribution in [2.45, 2.75) is 13.8 Å². The van der Waals surface area contributed by atoms with Gasteiger partial charge in [0.05, 0.1) is 10.6 Å². The van der Waals surface area contributed by atoms with Crippen LogP contribution in [0.25, 0.3) is 0 Å². The number of hydrogen-bond donors (Lipinski definition) is 2. The van der Waals surface area contributed by atoms with Crippen LogP contribution < -0.4 is 5.32 Å². The number of nitrogens with one attached hydrogen (secondary N) is 1. The highest BCUT2D eigenvalue weighted by atomic mass is 32.1. The van der Waals surface area contributed by atoms with Crippen LogP contribution in [0.3, 0.4) is 0 Å². The zero-order valence-corrected chi connectivity index (χ0v) is 11.4. The van der Waals surface area contributed by atoms with Gasteiger partial charge in [-0.05, 0) is 31.5 Å². The number of carboxylic acids is 1. The topological polar surface area (TPSA) is 66.4 Å². The van der Waals surface area contributed by atoms with Gasteiger partial charge in [0, 0.05) is 10.9 Å². The molecule has 1 aromatic carbocycles. The Hall–Kier alpha value is -2.14. The van der Waals surface area contributed by atoms with Gasteiger partial charge < -0.3 is 10.4 Å². The van der Waals surface area contributed by atoms with E-state index in [2.05, 4.69) is 5.32 Å². The highest BCUT2D eigenvalue weighted by Gasteiger charge is 2.12. The number of carbonyl (C=O) groups is 2. The van der Waals surface area contributed by atoms with Gasteiger partial charge in [0.25, 0.3) is 5.91 Å². The Bertz CT molecular complexity index is 646. The van der Waals surface area contributed by atoms with Gasteiger partial charge in [-0.2, -0.15) is 0 Å². The van der Waals surface area contributed by atoms with Crippen molar-refractivity contribution in [3.8, 4) is 0 Å². The largest absolute Gasteiger partial charge is 0.478 e. The smallest absolute Gasteiger partial charge is 0.336 e. The summed E-state index contributed by atoms with van der Waals surface area (Å²) in [6.45, 7) is 3.79. The third kappa shape index (κ3) is 3.00. The Kier molecular flexibility index (Phi) is 3.66. The van der Waals surface area contributed by atoms with Crippen LogP contribution in [0, 0.1) is 13.8 Å². The highest BCUT2D eigenvalue weighted by molar-refractivity contribution is 7.14. The zero-order valence-electron chi connectivity index (χ0n) is 10.6. The van der Waals surface area contributed by atoms with E-state index in [1.807, 2.05) is 32.0 Å². The van der Waals surface area contributed by atoms with Crippen LogP contribution in [0.5, 0.6) is 0 Å². The van der Waals surface area contributed by atoms with Crippen molar-refractivity contribution in [2.75, 3.05) is 5.32 Å². The molecule has 0 saturated heterocycles. The Balaban J connectivity index is 2.20. The average Bonchev–Trinajstić information content (AvgIpc) is 2.80. The van der Waals surface area contributed by atoms with Crippen LogP contribution in [0.15, 0.2) is 29.6 Å². The summed E-state index contributed by atoms with van der Waals surface area (Å²) >= 11 is 1.20. The van der Waals surface area contributed by atoms with Crippen LogP contribution in [-0.2, 0) is 0 Å². The predicted octanol–water partition coefficient (Wildman–Crippen LogP) is 3.32. The summed E-state index contributed by atoms with van der Waals surface area (Å²) in [5, 5.41) is 13.6. The first-order valence-corrected chi connectivity index (χ1v) is 6.56. The first kappa shape index (κ1) is 13.3. The minimum atomic E-state index is -0.997. The monoisotopic (exact) mass is 275 g/mol. The molecule has 0 aliphatic carbocycles. The third-order valence-corrected chi connectivity index (χ3v) is 3.57. The number of aromatic carboxylic acids is 1. The molecule has 0 spiro atoms. The molecular formula is C14H13NO3S. The number of carbonyl (C=O) groups excluding carboxylic acids is 1. The maximum Gasteiger partial charge on any atom is 0.336 e. The molecule has 2 N–H and O–H groups in total. The van der Waals surface area contributed by atoms with E-state index in [9.17, 15) is 9.59 Å².